The molecule has 1 aliphatic rings. The van der Waals surface area contributed by atoms with Gasteiger partial charge in [-0.25, -0.2) is 9.78 Å². The number of carboxylic acids is 1. The Morgan fingerprint density at radius 1 is 1.44 bits per heavy atom. The van der Waals surface area contributed by atoms with Crippen LogP contribution in [0.15, 0.2) is 24.3 Å². The van der Waals surface area contributed by atoms with Crippen LogP contribution < -0.4 is 5.32 Å². The van der Waals surface area contributed by atoms with Crippen LogP contribution in [-0.2, 0) is 9.59 Å². The maximum absolute atomic E-state index is 11.6. The molecular weight excluding hydrogens is 232 g/mol. The number of anilines is 1. The SMILES string of the molecule is O=C(O)C=Cc1cccc(NC(=O)CC2CC2)n1. The van der Waals surface area contributed by atoms with Crippen LogP contribution in [0.1, 0.15) is 25.0 Å². The molecule has 1 aromatic heterocycles. The van der Waals surface area contributed by atoms with Gasteiger partial charge in [0.05, 0.1) is 5.69 Å². The molecule has 2 N–H and O–H groups in total. The zero-order valence-corrected chi connectivity index (χ0v) is 9.80. The lowest BCUT2D eigenvalue weighted by atomic mass is 10.3. The Morgan fingerprint density at radius 3 is 2.89 bits per heavy atom. The van der Waals surface area contributed by atoms with Crippen LogP contribution in [0.3, 0.4) is 0 Å². The number of nitrogens with zero attached hydrogens (tertiary/aromatic N) is 1. The molecule has 18 heavy (non-hydrogen) atoms. The lowest BCUT2D eigenvalue weighted by Gasteiger charge is -2.04. The van der Waals surface area contributed by atoms with Crippen molar-refractivity contribution >= 4 is 23.8 Å². The maximum Gasteiger partial charge on any atom is 0.328 e. The highest BCUT2D eigenvalue weighted by Crippen LogP contribution is 2.32. The number of amides is 1. The fourth-order valence-corrected chi connectivity index (χ4v) is 1.55. The Balaban J connectivity index is 1.97. The van der Waals surface area contributed by atoms with Crippen LogP contribution in [0.4, 0.5) is 5.82 Å². The Hall–Kier alpha value is -2.17. The van der Waals surface area contributed by atoms with E-state index >= 15 is 0 Å². The lowest BCUT2D eigenvalue weighted by molar-refractivity contribution is -0.131. The summed E-state index contributed by atoms with van der Waals surface area (Å²) < 4.78 is 0. The number of rotatable bonds is 5. The molecule has 2 rings (SSSR count). The van der Waals surface area contributed by atoms with Gasteiger partial charge in [-0.05, 0) is 37.0 Å². The third kappa shape index (κ3) is 4.01. The number of hydrogen-bond donors (Lipinski definition) is 2. The van der Waals surface area contributed by atoms with Crippen molar-refractivity contribution in [2.45, 2.75) is 19.3 Å². The maximum atomic E-state index is 11.6. The van der Waals surface area contributed by atoms with Crippen molar-refractivity contribution in [2.24, 2.45) is 5.92 Å². The smallest absolute Gasteiger partial charge is 0.328 e. The third-order valence-electron chi connectivity index (χ3n) is 2.61. The quantitative estimate of drug-likeness (QED) is 0.778. The lowest BCUT2D eigenvalue weighted by Crippen LogP contribution is -2.13. The van der Waals surface area contributed by atoms with Gasteiger partial charge in [-0.2, -0.15) is 0 Å². The highest BCUT2D eigenvalue weighted by molar-refractivity contribution is 5.90. The number of aromatic nitrogens is 1. The average Bonchev–Trinajstić information content (AvgIpc) is 3.10. The molecule has 1 saturated carbocycles. The summed E-state index contributed by atoms with van der Waals surface area (Å²) in [7, 11) is 0. The van der Waals surface area contributed by atoms with Crippen LogP contribution in [0.25, 0.3) is 6.08 Å². The molecule has 0 bridgehead atoms. The summed E-state index contributed by atoms with van der Waals surface area (Å²) in [5, 5.41) is 11.2. The molecule has 5 heteroatoms. The van der Waals surface area contributed by atoms with Crippen LogP contribution in [-0.4, -0.2) is 22.0 Å². The van der Waals surface area contributed by atoms with Gasteiger partial charge >= 0.3 is 5.97 Å². The second-order valence-electron chi connectivity index (χ2n) is 4.31. The number of carboxylic acid groups (broad SMARTS) is 1. The Bertz CT molecular complexity index is 493. The molecule has 1 aliphatic carbocycles. The molecule has 1 heterocycles. The van der Waals surface area contributed by atoms with Crippen LogP contribution in [0.2, 0.25) is 0 Å². The molecule has 0 atom stereocenters. The predicted octanol–water partition coefficient (Wildman–Crippen LogP) is 1.92. The summed E-state index contributed by atoms with van der Waals surface area (Å²) >= 11 is 0. The molecule has 5 nitrogen and oxygen atoms in total. The standard InChI is InChI=1S/C13H14N2O3/c16-12(8-9-4-5-9)15-11-3-1-2-10(14-11)6-7-13(17)18/h1-3,6-7,9H,4-5,8H2,(H,17,18)(H,14,15,16). The molecule has 0 aliphatic heterocycles. The molecular formula is C13H14N2O3. The van der Waals surface area contributed by atoms with Gasteiger partial charge in [0.2, 0.25) is 5.91 Å². The fraction of sp³-hybridized carbons (Fsp3) is 0.308. The highest BCUT2D eigenvalue weighted by atomic mass is 16.4. The largest absolute Gasteiger partial charge is 0.478 e. The molecule has 0 unspecified atom stereocenters. The van der Waals surface area contributed by atoms with Gasteiger partial charge in [0.15, 0.2) is 0 Å². The summed E-state index contributed by atoms with van der Waals surface area (Å²) in [5.74, 6) is -0.0855. The Morgan fingerprint density at radius 2 is 2.22 bits per heavy atom. The number of aliphatic carboxylic acids is 1. The molecule has 1 fully saturated rings. The van der Waals surface area contributed by atoms with E-state index in [1.54, 1.807) is 18.2 Å². The van der Waals surface area contributed by atoms with Crippen molar-refractivity contribution in [1.82, 2.24) is 4.98 Å². The van der Waals surface area contributed by atoms with E-state index in [4.69, 9.17) is 5.11 Å². The zero-order chi connectivity index (χ0) is 13.0. The van der Waals surface area contributed by atoms with E-state index in [2.05, 4.69) is 10.3 Å². The minimum Gasteiger partial charge on any atom is -0.478 e. The number of nitrogens with one attached hydrogen (secondary N) is 1. The monoisotopic (exact) mass is 246 g/mol. The molecule has 94 valence electrons. The van der Waals surface area contributed by atoms with Crippen molar-refractivity contribution in [2.75, 3.05) is 5.32 Å². The minimum atomic E-state index is -1.03. The van der Waals surface area contributed by atoms with Gasteiger partial charge in [0.1, 0.15) is 5.82 Å². The van der Waals surface area contributed by atoms with Crippen molar-refractivity contribution < 1.29 is 14.7 Å². The van der Waals surface area contributed by atoms with Gasteiger partial charge in [-0.1, -0.05) is 6.07 Å². The number of hydrogen-bond acceptors (Lipinski definition) is 3. The van der Waals surface area contributed by atoms with Crippen LogP contribution in [0.5, 0.6) is 0 Å². The van der Waals surface area contributed by atoms with E-state index in [1.807, 2.05) is 0 Å². The van der Waals surface area contributed by atoms with Gasteiger partial charge in [0.25, 0.3) is 0 Å². The van der Waals surface area contributed by atoms with Gasteiger partial charge in [0, 0.05) is 12.5 Å². The average molecular weight is 246 g/mol. The summed E-state index contributed by atoms with van der Waals surface area (Å²) in [6, 6.07) is 5.08. The van der Waals surface area contributed by atoms with Crippen molar-refractivity contribution in [3.8, 4) is 0 Å². The molecule has 1 aromatic rings. The first-order valence-corrected chi connectivity index (χ1v) is 5.81. The van der Waals surface area contributed by atoms with Crippen LogP contribution >= 0.6 is 0 Å². The fourth-order valence-electron chi connectivity index (χ4n) is 1.55. The van der Waals surface area contributed by atoms with E-state index in [0.29, 0.717) is 23.9 Å². The van der Waals surface area contributed by atoms with E-state index in [0.717, 1.165) is 18.9 Å². The minimum absolute atomic E-state index is 0.0376. The molecule has 0 saturated heterocycles. The molecule has 0 radical (unpaired) electrons. The summed E-state index contributed by atoms with van der Waals surface area (Å²) in [4.78, 5) is 26.1. The topological polar surface area (TPSA) is 79.3 Å². The Kier molecular flexibility index (Phi) is 3.72. The van der Waals surface area contributed by atoms with E-state index < -0.39 is 5.97 Å². The van der Waals surface area contributed by atoms with Crippen molar-refractivity contribution in [1.29, 1.82) is 0 Å². The van der Waals surface area contributed by atoms with E-state index in [-0.39, 0.29) is 5.91 Å². The first kappa shape index (κ1) is 12.3. The first-order chi connectivity index (χ1) is 8.63. The van der Waals surface area contributed by atoms with Crippen molar-refractivity contribution in [3.63, 3.8) is 0 Å². The summed E-state index contributed by atoms with van der Waals surface area (Å²) in [6.45, 7) is 0. The highest BCUT2D eigenvalue weighted by Gasteiger charge is 2.24. The van der Waals surface area contributed by atoms with Gasteiger partial charge in [-0.3, -0.25) is 4.79 Å². The molecule has 0 aromatic carbocycles. The molecule has 1 amide bonds. The summed E-state index contributed by atoms with van der Waals surface area (Å²) in [5.41, 5.74) is 0.502. The predicted molar refractivity (Wildman–Crippen MR) is 66.9 cm³/mol. The van der Waals surface area contributed by atoms with Crippen LogP contribution in [0, 0.1) is 5.92 Å². The first-order valence-electron chi connectivity index (χ1n) is 5.81. The second kappa shape index (κ2) is 5.44. The molecule has 0 spiro atoms. The number of carbonyl (C=O) groups excluding carboxylic acids is 1. The van der Waals surface area contributed by atoms with Gasteiger partial charge in [-0.15, -0.1) is 0 Å². The van der Waals surface area contributed by atoms with E-state index in [9.17, 15) is 9.59 Å². The Labute approximate surface area is 105 Å². The number of carbonyl (C=O) groups is 2. The third-order valence-corrected chi connectivity index (χ3v) is 2.61. The number of pyridine rings is 1. The van der Waals surface area contributed by atoms with E-state index in [1.165, 1.54) is 6.08 Å². The second-order valence-corrected chi connectivity index (χ2v) is 4.31. The van der Waals surface area contributed by atoms with Crippen molar-refractivity contribution in [3.05, 3.63) is 30.0 Å². The summed E-state index contributed by atoms with van der Waals surface area (Å²) in [6.07, 6.45) is 5.19. The van der Waals surface area contributed by atoms with Gasteiger partial charge < -0.3 is 10.4 Å². The normalized spacial score (nSPS) is 14.7. The zero-order valence-electron chi connectivity index (χ0n) is 9.80.